The molecule has 3 rings (SSSR count). The minimum atomic E-state index is -4.42. The number of aromatic nitrogens is 2. The first-order valence-electron chi connectivity index (χ1n) is 9.02. The Balaban J connectivity index is 1.49. The Hall–Kier alpha value is -3.01. The Morgan fingerprint density at radius 1 is 1.17 bits per heavy atom. The molecule has 0 unspecified atom stereocenters. The molecule has 0 bridgehead atoms. The van der Waals surface area contributed by atoms with Crippen LogP contribution in [0, 0.1) is 6.92 Å². The summed E-state index contributed by atoms with van der Waals surface area (Å²) in [5.74, 6) is 1.33. The molecule has 0 atom stereocenters. The average molecular weight is 436 g/mol. The first-order valence-corrected chi connectivity index (χ1v) is 10.0. The molecule has 2 aromatic heterocycles. The molecule has 3 aromatic rings. The third-order valence-corrected chi connectivity index (χ3v) is 5.08. The van der Waals surface area contributed by atoms with E-state index in [-0.39, 0.29) is 12.5 Å². The number of nitrogens with zero attached hydrogens (tertiary/aromatic N) is 2. The van der Waals surface area contributed by atoms with Crippen molar-refractivity contribution in [1.82, 2.24) is 15.5 Å². The van der Waals surface area contributed by atoms with Crippen LogP contribution in [0.5, 0.6) is 0 Å². The molecule has 0 spiro atoms. The van der Waals surface area contributed by atoms with Crippen molar-refractivity contribution in [1.29, 1.82) is 0 Å². The van der Waals surface area contributed by atoms with Gasteiger partial charge >= 0.3 is 6.18 Å². The lowest BCUT2D eigenvalue weighted by molar-refractivity contribution is -0.137. The summed E-state index contributed by atoms with van der Waals surface area (Å²) >= 11 is 1.47. The van der Waals surface area contributed by atoms with E-state index in [1.807, 2.05) is 25.1 Å². The van der Waals surface area contributed by atoms with Gasteiger partial charge in [-0.2, -0.15) is 13.2 Å². The highest BCUT2D eigenvalue weighted by Crippen LogP contribution is 2.29. The first-order chi connectivity index (χ1) is 14.3. The highest BCUT2D eigenvalue weighted by molar-refractivity contribution is 7.98. The van der Waals surface area contributed by atoms with E-state index >= 15 is 0 Å². The molecule has 0 aliphatic carbocycles. The lowest BCUT2D eigenvalue weighted by Crippen LogP contribution is -2.29. The molecule has 1 aromatic carbocycles. The number of carbonyl (C=O) groups excluding carboxylic acids is 1. The van der Waals surface area contributed by atoms with Gasteiger partial charge in [-0.3, -0.25) is 4.79 Å². The summed E-state index contributed by atoms with van der Waals surface area (Å²) in [5, 5.41) is 9.51. The second-order valence-corrected chi connectivity index (χ2v) is 7.35. The molecule has 10 heteroatoms. The summed E-state index contributed by atoms with van der Waals surface area (Å²) in [4.78, 5) is 17.1. The Morgan fingerprint density at radius 2 is 1.97 bits per heavy atom. The van der Waals surface area contributed by atoms with Crippen LogP contribution in [0.2, 0.25) is 0 Å². The Labute approximate surface area is 175 Å². The fourth-order valence-electron chi connectivity index (χ4n) is 2.54. The summed E-state index contributed by atoms with van der Waals surface area (Å²) in [7, 11) is 0. The summed E-state index contributed by atoms with van der Waals surface area (Å²) in [6.45, 7) is 2.44. The van der Waals surface area contributed by atoms with Gasteiger partial charge in [0.15, 0.2) is 0 Å². The van der Waals surface area contributed by atoms with E-state index in [1.165, 1.54) is 17.8 Å². The maximum absolute atomic E-state index is 12.5. The number of alkyl halides is 3. The van der Waals surface area contributed by atoms with Crippen molar-refractivity contribution in [2.75, 3.05) is 18.4 Å². The summed E-state index contributed by atoms with van der Waals surface area (Å²) in [6.07, 6.45) is -3.65. The zero-order valence-electron chi connectivity index (χ0n) is 16.0. The normalized spacial score (nSPS) is 11.3. The fourth-order valence-corrected chi connectivity index (χ4v) is 3.47. The number of pyridine rings is 1. The largest absolute Gasteiger partial charge is 0.417 e. The number of thioether (sulfide) groups is 1. The molecule has 0 aliphatic heterocycles. The molecule has 0 aliphatic rings. The number of rotatable bonds is 8. The molecule has 158 valence electrons. The maximum atomic E-state index is 12.5. The van der Waals surface area contributed by atoms with Crippen LogP contribution in [0.3, 0.4) is 0 Å². The number of benzene rings is 1. The molecule has 6 nitrogen and oxygen atoms in total. The van der Waals surface area contributed by atoms with Crippen LogP contribution in [0.15, 0.2) is 58.1 Å². The monoisotopic (exact) mass is 436 g/mol. The summed E-state index contributed by atoms with van der Waals surface area (Å²) in [5.41, 5.74) is 0.522. The quantitative estimate of drug-likeness (QED) is 0.399. The zero-order valence-corrected chi connectivity index (χ0v) is 16.8. The second kappa shape index (κ2) is 9.66. The molecule has 0 saturated heterocycles. The number of nitrogens with one attached hydrogen (secondary N) is 2. The lowest BCUT2D eigenvalue weighted by atomic mass is 10.2. The lowest BCUT2D eigenvalue weighted by Gasteiger charge is -2.11. The van der Waals surface area contributed by atoms with Crippen molar-refractivity contribution in [2.24, 2.45) is 0 Å². The molecule has 0 radical (unpaired) electrons. The third-order valence-electron chi connectivity index (χ3n) is 3.99. The van der Waals surface area contributed by atoms with Crippen LogP contribution < -0.4 is 10.6 Å². The number of aryl methyl sites for hydroxylation is 1. The number of halogens is 3. The number of hydrogen-bond acceptors (Lipinski definition) is 6. The zero-order chi connectivity index (χ0) is 21.6. The van der Waals surface area contributed by atoms with Crippen molar-refractivity contribution >= 4 is 23.5 Å². The van der Waals surface area contributed by atoms with Crippen LogP contribution in [-0.2, 0) is 11.9 Å². The molecule has 0 saturated carbocycles. The minimum Gasteiger partial charge on any atom is -0.368 e. The first kappa shape index (κ1) is 21.7. The van der Waals surface area contributed by atoms with Gasteiger partial charge in [0, 0.05) is 30.2 Å². The van der Waals surface area contributed by atoms with Crippen LogP contribution in [-0.4, -0.2) is 29.1 Å². The SMILES string of the molecule is Cc1cc(CSc2ccccc2C(=O)NCCNc2ccc(C(F)(F)F)cn2)on1. The molecule has 2 N–H and O–H groups in total. The van der Waals surface area contributed by atoms with Crippen molar-refractivity contribution in [3.05, 3.63) is 71.2 Å². The molecular weight excluding hydrogens is 417 g/mol. The van der Waals surface area contributed by atoms with E-state index in [9.17, 15) is 18.0 Å². The Kier molecular flexibility index (Phi) is 6.99. The number of anilines is 1. The van der Waals surface area contributed by atoms with Crippen LogP contribution in [0.25, 0.3) is 0 Å². The minimum absolute atomic E-state index is 0.242. The molecule has 1 amide bonds. The van der Waals surface area contributed by atoms with E-state index in [0.717, 1.165) is 28.6 Å². The summed E-state index contributed by atoms with van der Waals surface area (Å²) in [6, 6.07) is 11.3. The number of amides is 1. The maximum Gasteiger partial charge on any atom is 0.417 e. The highest BCUT2D eigenvalue weighted by atomic mass is 32.2. The topological polar surface area (TPSA) is 80.0 Å². The van der Waals surface area contributed by atoms with Gasteiger partial charge < -0.3 is 15.2 Å². The van der Waals surface area contributed by atoms with Gasteiger partial charge in [0.05, 0.1) is 22.6 Å². The molecule has 0 fully saturated rings. The van der Waals surface area contributed by atoms with Crippen LogP contribution >= 0.6 is 11.8 Å². The Bertz CT molecular complexity index is 990. The van der Waals surface area contributed by atoms with Crippen molar-refractivity contribution in [2.45, 2.75) is 23.7 Å². The van der Waals surface area contributed by atoms with Gasteiger partial charge in [-0.05, 0) is 31.2 Å². The standard InChI is InChI=1S/C20H19F3N4O2S/c1-13-10-15(29-27-13)12-30-17-5-3-2-4-16(17)19(28)25-9-8-24-18-7-6-14(11-26-18)20(21,22)23/h2-7,10-11H,8-9,12H2,1H3,(H,24,26)(H,25,28). The van der Waals surface area contributed by atoms with E-state index in [4.69, 9.17) is 4.52 Å². The van der Waals surface area contributed by atoms with Gasteiger partial charge in [0.1, 0.15) is 11.6 Å². The van der Waals surface area contributed by atoms with Crippen molar-refractivity contribution in [3.8, 4) is 0 Å². The predicted octanol–water partition coefficient (Wildman–Crippen LogP) is 4.53. The molecule has 2 heterocycles. The number of hydrogen-bond donors (Lipinski definition) is 2. The van der Waals surface area contributed by atoms with Crippen LogP contribution in [0.1, 0.15) is 27.4 Å². The van der Waals surface area contributed by atoms with Crippen molar-refractivity contribution < 1.29 is 22.5 Å². The predicted molar refractivity (Wildman–Crippen MR) is 107 cm³/mol. The van der Waals surface area contributed by atoms with Gasteiger partial charge in [0.25, 0.3) is 5.91 Å². The van der Waals surface area contributed by atoms with Crippen LogP contribution in [0.4, 0.5) is 19.0 Å². The van der Waals surface area contributed by atoms with Gasteiger partial charge in [-0.25, -0.2) is 4.98 Å². The van der Waals surface area contributed by atoms with Gasteiger partial charge in [-0.15, -0.1) is 11.8 Å². The molecule has 30 heavy (non-hydrogen) atoms. The van der Waals surface area contributed by atoms with Gasteiger partial charge in [0.2, 0.25) is 0 Å². The fraction of sp³-hybridized carbons (Fsp3) is 0.250. The Morgan fingerprint density at radius 3 is 2.63 bits per heavy atom. The van der Waals surface area contributed by atoms with E-state index < -0.39 is 11.7 Å². The van der Waals surface area contributed by atoms with E-state index in [0.29, 0.717) is 23.7 Å². The highest BCUT2D eigenvalue weighted by Gasteiger charge is 2.30. The third kappa shape index (κ3) is 5.99. The summed E-state index contributed by atoms with van der Waals surface area (Å²) < 4.78 is 42.8. The average Bonchev–Trinajstić information content (AvgIpc) is 3.14. The number of carbonyl (C=O) groups is 1. The second-order valence-electron chi connectivity index (χ2n) is 6.33. The van der Waals surface area contributed by atoms with Gasteiger partial charge in [-0.1, -0.05) is 17.3 Å². The van der Waals surface area contributed by atoms with Crippen molar-refractivity contribution in [3.63, 3.8) is 0 Å². The smallest absolute Gasteiger partial charge is 0.368 e. The van der Waals surface area contributed by atoms with E-state index in [1.54, 1.807) is 12.1 Å². The van der Waals surface area contributed by atoms with E-state index in [2.05, 4.69) is 20.8 Å². The molecular formula is C20H19F3N4O2S.